The molecule has 0 aliphatic carbocycles. The number of hydrogen-bond donors (Lipinski definition) is 3. The molecule has 0 bridgehead atoms. The van der Waals surface area contributed by atoms with E-state index in [-0.39, 0.29) is 0 Å². The first-order valence-corrected chi connectivity index (χ1v) is 4.56. The van der Waals surface area contributed by atoms with Crippen LogP contribution in [0.25, 0.3) is 0 Å². The van der Waals surface area contributed by atoms with E-state index >= 15 is 0 Å². The first-order chi connectivity index (χ1) is 7.02. The van der Waals surface area contributed by atoms with E-state index in [0.717, 1.165) is 5.06 Å². The van der Waals surface area contributed by atoms with Gasteiger partial charge in [-0.25, -0.2) is 4.39 Å². The molecule has 2 unspecified atom stereocenters. The molecule has 0 aromatic carbocycles. The van der Waals surface area contributed by atoms with Gasteiger partial charge in [0, 0.05) is 7.05 Å². The summed E-state index contributed by atoms with van der Waals surface area (Å²) in [6.07, 6.45) is -7.00. The van der Waals surface area contributed by atoms with E-state index in [9.17, 15) is 14.6 Å². The Hall–Kier alpha value is -0.310. The maximum absolute atomic E-state index is 13.5. The van der Waals surface area contributed by atoms with E-state index in [1.54, 1.807) is 0 Å². The molecule has 15 heavy (non-hydrogen) atoms. The Labute approximate surface area is 86.8 Å². The molecule has 0 aromatic rings. The monoisotopic (exact) mass is 225 g/mol. The summed E-state index contributed by atoms with van der Waals surface area (Å²) in [5, 5.41) is 28.6. The zero-order valence-corrected chi connectivity index (χ0v) is 8.58. The summed E-state index contributed by atoms with van der Waals surface area (Å²) in [4.78, 5) is 4.73. The number of rotatable bonds is 3. The highest BCUT2D eigenvalue weighted by molar-refractivity contribution is 4.90. The Balaban J connectivity index is 2.74. The molecule has 1 aliphatic heterocycles. The van der Waals surface area contributed by atoms with Gasteiger partial charge in [-0.3, -0.25) is 4.84 Å². The number of nitrogens with zero attached hydrogens (tertiary/aromatic N) is 1. The molecule has 1 rings (SSSR count). The fourth-order valence-corrected chi connectivity index (χ4v) is 1.45. The van der Waals surface area contributed by atoms with Crippen LogP contribution in [0.15, 0.2) is 0 Å². The first-order valence-electron chi connectivity index (χ1n) is 4.56. The molecule has 1 heterocycles. The average molecular weight is 225 g/mol. The lowest BCUT2D eigenvalue weighted by Crippen LogP contribution is -2.60. The minimum absolute atomic E-state index is 0.501. The molecule has 1 fully saturated rings. The topological polar surface area (TPSA) is 82.4 Å². The number of aliphatic hydroxyl groups is 3. The fraction of sp³-hybridized carbons (Fsp3) is 1.00. The summed E-state index contributed by atoms with van der Waals surface area (Å²) in [6, 6.07) is 0. The maximum Gasteiger partial charge on any atom is 0.170 e. The second kappa shape index (κ2) is 5.15. The van der Waals surface area contributed by atoms with Crippen LogP contribution in [-0.4, -0.2) is 71.9 Å². The molecular formula is C8H16FNO5. The molecule has 0 aromatic heterocycles. The van der Waals surface area contributed by atoms with Gasteiger partial charge in [0.2, 0.25) is 0 Å². The molecule has 1 aliphatic rings. The van der Waals surface area contributed by atoms with Crippen molar-refractivity contribution in [3.05, 3.63) is 0 Å². The summed E-state index contributed by atoms with van der Waals surface area (Å²) in [6.45, 7) is -0.501. The summed E-state index contributed by atoms with van der Waals surface area (Å²) in [7, 11) is 2.75. The number of alkyl halides is 1. The Kier molecular flexibility index (Phi) is 4.38. The number of halogens is 1. The lowest BCUT2D eigenvalue weighted by molar-refractivity contribution is -0.308. The van der Waals surface area contributed by atoms with Gasteiger partial charge >= 0.3 is 0 Å². The van der Waals surface area contributed by atoms with Gasteiger partial charge in [-0.15, -0.1) is 0 Å². The summed E-state index contributed by atoms with van der Waals surface area (Å²) >= 11 is 0. The van der Waals surface area contributed by atoms with Crippen LogP contribution in [0.4, 0.5) is 4.39 Å². The van der Waals surface area contributed by atoms with Gasteiger partial charge in [-0.2, -0.15) is 5.06 Å². The predicted molar refractivity (Wildman–Crippen MR) is 47.4 cm³/mol. The molecule has 90 valence electrons. The largest absolute Gasteiger partial charge is 0.394 e. The summed E-state index contributed by atoms with van der Waals surface area (Å²) < 4.78 is 18.5. The van der Waals surface area contributed by atoms with E-state index < -0.39 is 37.3 Å². The average Bonchev–Trinajstić information content (AvgIpc) is 2.25. The van der Waals surface area contributed by atoms with Crippen molar-refractivity contribution < 1.29 is 29.3 Å². The number of hydroxylamine groups is 2. The second-order valence-corrected chi connectivity index (χ2v) is 3.40. The molecule has 0 radical (unpaired) electrons. The summed E-state index contributed by atoms with van der Waals surface area (Å²) in [5.41, 5.74) is 0. The standard InChI is InChI=1S/C8H16FNO5/c1-10(14-2)8-5(9)7(13)6(12)4(3-11)15-8/h4-8,11-13H,3H2,1-2H3/t4?,5-,6+,7?,8+/m0/s1. The van der Waals surface area contributed by atoms with Crippen molar-refractivity contribution >= 4 is 0 Å². The molecule has 3 N–H and O–H groups in total. The van der Waals surface area contributed by atoms with Crippen molar-refractivity contribution in [2.45, 2.75) is 30.7 Å². The van der Waals surface area contributed by atoms with Crippen molar-refractivity contribution in [3.8, 4) is 0 Å². The number of ether oxygens (including phenoxy) is 1. The quantitative estimate of drug-likeness (QED) is 0.494. The Morgan fingerprint density at radius 2 is 2.00 bits per heavy atom. The van der Waals surface area contributed by atoms with Crippen LogP contribution in [-0.2, 0) is 9.57 Å². The fourth-order valence-electron chi connectivity index (χ4n) is 1.45. The van der Waals surface area contributed by atoms with Gasteiger partial charge < -0.3 is 20.1 Å². The highest BCUT2D eigenvalue weighted by Gasteiger charge is 2.46. The van der Waals surface area contributed by atoms with Gasteiger partial charge in [-0.1, -0.05) is 0 Å². The number of aliphatic hydroxyl groups excluding tert-OH is 3. The molecule has 6 nitrogen and oxygen atoms in total. The van der Waals surface area contributed by atoms with Crippen molar-refractivity contribution in [3.63, 3.8) is 0 Å². The zero-order chi connectivity index (χ0) is 11.6. The lowest BCUT2D eigenvalue weighted by Gasteiger charge is -2.41. The van der Waals surface area contributed by atoms with Gasteiger partial charge in [0.05, 0.1) is 13.7 Å². The third-order valence-corrected chi connectivity index (χ3v) is 2.47. The maximum atomic E-state index is 13.5. The Morgan fingerprint density at radius 1 is 1.40 bits per heavy atom. The molecule has 0 spiro atoms. The van der Waals surface area contributed by atoms with Crippen molar-refractivity contribution in [2.75, 3.05) is 20.8 Å². The van der Waals surface area contributed by atoms with E-state index in [2.05, 4.69) is 0 Å². The minimum Gasteiger partial charge on any atom is -0.394 e. The molecular weight excluding hydrogens is 209 g/mol. The smallest absolute Gasteiger partial charge is 0.170 e. The van der Waals surface area contributed by atoms with Gasteiger partial charge in [0.15, 0.2) is 12.4 Å². The van der Waals surface area contributed by atoms with E-state index in [1.807, 2.05) is 0 Å². The van der Waals surface area contributed by atoms with Crippen LogP contribution >= 0.6 is 0 Å². The lowest BCUT2D eigenvalue weighted by atomic mass is 9.99. The van der Waals surface area contributed by atoms with Crippen molar-refractivity contribution in [2.24, 2.45) is 0 Å². The summed E-state index contributed by atoms with van der Waals surface area (Å²) in [5.74, 6) is 0. The van der Waals surface area contributed by atoms with Gasteiger partial charge in [0.1, 0.15) is 18.3 Å². The third-order valence-electron chi connectivity index (χ3n) is 2.47. The second-order valence-electron chi connectivity index (χ2n) is 3.40. The zero-order valence-electron chi connectivity index (χ0n) is 8.58. The highest BCUT2D eigenvalue weighted by Crippen LogP contribution is 2.24. The van der Waals surface area contributed by atoms with Crippen LogP contribution in [0, 0.1) is 0 Å². The predicted octanol–water partition coefficient (Wildman–Crippen LogP) is -1.74. The van der Waals surface area contributed by atoms with Crippen LogP contribution in [0.3, 0.4) is 0 Å². The van der Waals surface area contributed by atoms with E-state index in [0.29, 0.717) is 0 Å². The van der Waals surface area contributed by atoms with E-state index in [4.69, 9.17) is 14.7 Å². The van der Waals surface area contributed by atoms with Gasteiger partial charge in [0.25, 0.3) is 0 Å². The Bertz CT molecular complexity index is 205. The molecule has 1 saturated heterocycles. The van der Waals surface area contributed by atoms with Crippen molar-refractivity contribution in [1.29, 1.82) is 0 Å². The highest BCUT2D eigenvalue weighted by atomic mass is 19.1. The van der Waals surface area contributed by atoms with Crippen LogP contribution in [0.5, 0.6) is 0 Å². The molecule has 7 heteroatoms. The first kappa shape index (κ1) is 12.8. The SMILES string of the molecule is CON(C)[C@@H]1OC(CO)[C@@H](O)C(O)[C@@H]1F. The number of hydrogen-bond acceptors (Lipinski definition) is 6. The normalized spacial score (nSPS) is 42.2. The molecule has 5 atom stereocenters. The van der Waals surface area contributed by atoms with Crippen molar-refractivity contribution in [1.82, 2.24) is 5.06 Å². The van der Waals surface area contributed by atoms with Crippen LogP contribution in [0.2, 0.25) is 0 Å². The Morgan fingerprint density at radius 3 is 2.47 bits per heavy atom. The molecule has 0 saturated carbocycles. The van der Waals surface area contributed by atoms with Crippen LogP contribution in [0.1, 0.15) is 0 Å². The minimum atomic E-state index is -1.80. The molecule has 0 amide bonds. The third kappa shape index (κ3) is 2.44. The van der Waals surface area contributed by atoms with Gasteiger partial charge in [-0.05, 0) is 0 Å². The van der Waals surface area contributed by atoms with Crippen LogP contribution < -0.4 is 0 Å². The van der Waals surface area contributed by atoms with E-state index in [1.165, 1.54) is 14.2 Å².